The zero-order valence-corrected chi connectivity index (χ0v) is 16.2. The lowest BCUT2D eigenvalue weighted by Gasteiger charge is -2.38. The molecule has 2 aromatic heterocycles. The summed E-state index contributed by atoms with van der Waals surface area (Å²) in [4.78, 5) is 19.2. The van der Waals surface area contributed by atoms with Gasteiger partial charge in [-0.2, -0.15) is 0 Å². The van der Waals surface area contributed by atoms with Gasteiger partial charge in [-0.25, -0.2) is 0 Å². The maximum Gasteiger partial charge on any atom is 0.271 e. The minimum Gasteiger partial charge on any atom is -0.337 e. The van der Waals surface area contributed by atoms with Crippen LogP contribution in [0.2, 0.25) is 0 Å². The Bertz CT molecular complexity index is 961. The molecule has 1 aromatic carbocycles. The standard InChI is InChI=1S/C22H23N3OS/c1-16-9-11-27-21(16)15-23-13-19-20(14-23)25(12-17-6-3-2-4-7-17)22(26)18-8-5-10-24(18)19/h2-11,19-20H,12-15H2,1H3. The molecule has 1 saturated heterocycles. The lowest BCUT2D eigenvalue weighted by atomic mass is 10.0. The van der Waals surface area contributed by atoms with Crippen molar-refractivity contribution in [2.45, 2.75) is 32.1 Å². The molecule has 0 radical (unpaired) electrons. The molecule has 0 bridgehead atoms. The largest absolute Gasteiger partial charge is 0.337 e. The third-order valence-corrected chi connectivity index (χ3v) is 6.89. The van der Waals surface area contributed by atoms with Gasteiger partial charge in [-0.3, -0.25) is 9.69 Å². The van der Waals surface area contributed by atoms with Crippen molar-refractivity contribution >= 4 is 17.2 Å². The number of carbonyl (C=O) groups excluding carboxylic acids is 1. The van der Waals surface area contributed by atoms with E-state index < -0.39 is 0 Å². The van der Waals surface area contributed by atoms with Crippen molar-refractivity contribution in [2.75, 3.05) is 13.1 Å². The quantitative estimate of drug-likeness (QED) is 0.689. The van der Waals surface area contributed by atoms with E-state index in [1.807, 2.05) is 41.7 Å². The number of aryl methyl sites for hydroxylation is 1. The van der Waals surface area contributed by atoms with Crippen LogP contribution in [0.4, 0.5) is 0 Å². The Morgan fingerprint density at radius 3 is 2.59 bits per heavy atom. The molecule has 2 aliphatic heterocycles. The number of likely N-dealkylation sites (tertiary alicyclic amines) is 1. The SMILES string of the molecule is Cc1ccsc1CN1CC2C(C1)n1cccc1C(=O)N2Cc1ccccc1. The maximum absolute atomic E-state index is 13.2. The highest BCUT2D eigenvalue weighted by molar-refractivity contribution is 7.10. The maximum atomic E-state index is 13.2. The molecule has 4 nitrogen and oxygen atoms in total. The summed E-state index contributed by atoms with van der Waals surface area (Å²) in [5.41, 5.74) is 3.38. The van der Waals surface area contributed by atoms with Crippen molar-refractivity contribution in [2.24, 2.45) is 0 Å². The number of hydrogen-bond donors (Lipinski definition) is 0. The van der Waals surface area contributed by atoms with E-state index in [-0.39, 0.29) is 11.9 Å². The van der Waals surface area contributed by atoms with Crippen LogP contribution in [-0.2, 0) is 13.1 Å². The van der Waals surface area contributed by atoms with E-state index in [9.17, 15) is 4.79 Å². The van der Waals surface area contributed by atoms with Gasteiger partial charge in [0.05, 0.1) is 12.1 Å². The molecule has 1 fully saturated rings. The van der Waals surface area contributed by atoms with Gasteiger partial charge in [-0.1, -0.05) is 30.3 Å². The smallest absolute Gasteiger partial charge is 0.271 e. The molecule has 2 aliphatic rings. The van der Waals surface area contributed by atoms with Gasteiger partial charge in [0, 0.05) is 37.3 Å². The number of thiophene rings is 1. The van der Waals surface area contributed by atoms with Crippen LogP contribution in [0.1, 0.15) is 32.5 Å². The summed E-state index contributed by atoms with van der Waals surface area (Å²) in [6.45, 7) is 5.75. The fraction of sp³-hybridized carbons (Fsp3) is 0.318. The predicted octanol–water partition coefficient (Wildman–Crippen LogP) is 3.94. The monoisotopic (exact) mass is 377 g/mol. The third kappa shape index (κ3) is 2.91. The first-order valence-electron chi connectivity index (χ1n) is 9.48. The van der Waals surface area contributed by atoms with Crippen LogP contribution >= 0.6 is 11.3 Å². The van der Waals surface area contributed by atoms with E-state index >= 15 is 0 Å². The zero-order chi connectivity index (χ0) is 18.4. The van der Waals surface area contributed by atoms with Gasteiger partial charge in [-0.15, -0.1) is 11.3 Å². The van der Waals surface area contributed by atoms with Crippen LogP contribution in [0.25, 0.3) is 0 Å². The second-order valence-corrected chi connectivity index (χ2v) is 8.58. The molecule has 5 rings (SSSR count). The number of aromatic nitrogens is 1. The number of benzene rings is 1. The summed E-state index contributed by atoms with van der Waals surface area (Å²) in [7, 11) is 0. The summed E-state index contributed by atoms with van der Waals surface area (Å²) >= 11 is 1.83. The van der Waals surface area contributed by atoms with E-state index in [1.165, 1.54) is 16.0 Å². The Morgan fingerprint density at radius 2 is 1.81 bits per heavy atom. The molecule has 0 spiro atoms. The van der Waals surface area contributed by atoms with Gasteiger partial charge in [0.25, 0.3) is 5.91 Å². The first kappa shape index (κ1) is 16.8. The highest BCUT2D eigenvalue weighted by Crippen LogP contribution is 2.35. The van der Waals surface area contributed by atoms with Crippen LogP contribution in [0.5, 0.6) is 0 Å². The summed E-state index contributed by atoms with van der Waals surface area (Å²) in [6.07, 6.45) is 2.07. The van der Waals surface area contributed by atoms with Gasteiger partial charge < -0.3 is 9.47 Å². The van der Waals surface area contributed by atoms with Crippen LogP contribution in [0.15, 0.2) is 60.1 Å². The molecule has 0 N–H and O–H groups in total. The van der Waals surface area contributed by atoms with Gasteiger partial charge in [-0.05, 0) is 41.6 Å². The molecule has 3 aromatic rings. The fourth-order valence-corrected chi connectivity index (χ4v) is 5.40. The Balaban J connectivity index is 1.45. The van der Waals surface area contributed by atoms with Crippen molar-refractivity contribution in [3.63, 3.8) is 0 Å². The summed E-state index contributed by atoms with van der Waals surface area (Å²) in [5.74, 6) is 0.152. The molecular formula is C22H23N3OS. The zero-order valence-electron chi connectivity index (χ0n) is 15.4. The average molecular weight is 378 g/mol. The van der Waals surface area contributed by atoms with E-state index in [0.29, 0.717) is 12.6 Å². The third-order valence-electron chi connectivity index (χ3n) is 5.88. The molecule has 27 heavy (non-hydrogen) atoms. The van der Waals surface area contributed by atoms with Crippen molar-refractivity contribution in [3.05, 3.63) is 81.8 Å². The van der Waals surface area contributed by atoms with E-state index in [1.54, 1.807) is 0 Å². The Labute approximate surface area is 163 Å². The second kappa shape index (κ2) is 6.66. The van der Waals surface area contributed by atoms with E-state index in [2.05, 4.69) is 51.1 Å². The molecule has 1 amide bonds. The minimum absolute atomic E-state index is 0.152. The van der Waals surface area contributed by atoms with Crippen LogP contribution in [-0.4, -0.2) is 39.4 Å². The number of fused-ring (bicyclic) bond motifs is 3. The Morgan fingerprint density at radius 1 is 1.00 bits per heavy atom. The Kier molecular flexibility index (Phi) is 4.14. The minimum atomic E-state index is 0.152. The molecule has 2 unspecified atom stereocenters. The Hall–Kier alpha value is -2.37. The number of rotatable bonds is 4. The van der Waals surface area contributed by atoms with Gasteiger partial charge in [0.2, 0.25) is 0 Å². The van der Waals surface area contributed by atoms with Crippen LogP contribution < -0.4 is 0 Å². The average Bonchev–Trinajstić information content (AvgIpc) is 3.40. The molecule has 138 valence electrons. The first-order chi connectivity index (χ1) is 13.2. The van der Waals surface area contributed by atoms with Crippen LogP contribution in [0.3, 0.4) is 0 Å². The van der Waals surface area contributed by atoms with Crippen molar-refractivity contribution in [1.29, 1.82) is 0 Å². The molecule has 4 heterocycles. The van der Waals surface area contributed by atoms with Gasteiger partial charge >= 0.3 is 0 Å². The molecule has 0 saturated carbocycles. The number of amides is 1. The van der Waals surface area contributed by atoms with Gasteiger partial charge in [0.15, 0.2) is 0 Å². The molecule has 2 atom stereocenters. The van der Waals surface area contributed by atoms with Gasteiger partial charge in [0.1, 0.15) is 5.69 Å². The van der Waals surface area contributed by atoms with Crippen molar-refractivity contribution < 1.29 is 4.79 Å². The molecule has 0 aliphatic carbocycles. The first-order valence-corrected chi connectivity index (χ1v) is 10.4. The molecular weight excluding hydrogens is 354 g/mol. The summed E-state index contributed by atoms with van der Waals surface area (Å²) in [5, 5.41) is 2.17. The van der Waals surface area contributed by atoms with Crippen LogP contribution in [0, 0.1) is 6.92 Å². The van der Waals surface area contributed by atoms with E-state index in [4.69, 9.17) is 0 Å². The normalized spacial score (nSPS) is 22.1. The fourth-order valence-electron chi connectivity index (χ4n) is 4.46. The summed E-state index contributed by atoms with van der Waals surface area (Å²) in [6, 6.07) is 17.0. The number of carbonyl (C=O) groups is 1. The highest BCUT2D eigenvalue weighted by atomic mass is 32.1. The van der Waals surface area contributed by atoms with E-state index in [0.717, 1.165) is 25.3 Å². The van der Waals surface area contributed by atoms with Crippen molar-refractivity contribution in [3.8, 4) is 0 Å². The summed E-state index contributed by atoms with van der Waals surface area (Å²) < 4.78 is 2.20. The topological polar surface area (TPSA) is 28.5 Å². The number of hydrogen-bond acceptors (Lipinski definition) is 3. The lowest BCUT2D eigenvalue weighted by Crippen LogP contribution is -2.49. The predicted molar refractivity (Wildman–Crippen MR) is 108 cm³/mol. The highest BCUT2D eigenvalue weighted by Gasteiger charge is 2.44. The van der Waals surface area contributed by atoms with Crippen molar-refractivity contribution in [1.82, 2.24) is 14.4 Å². The lowest BCUT2D eigenvalue weighted by molar-refractivity contribution is 0.0556. The molecule has 5 heteroatoms. The number of nitrogens with zero attached hydrogens (tertiary/aromatic N) is 3. The second-order valence-electron chi connectivity index (χ2n) is 7.57.